The molecule has 0 fully saturated rings. The molecule has 0 aliphatic carbocycles. The summed E-state index contributed by atoms with van der Waals surface area (Å²) in [5.41, 5.74) is 12.4. The first-order valence-electron chi connectivity index (χ1n) is 12.2. The van der Waals surface area contributed by atoms with E-state index in [1.165, 1.54) is 12.5 Å². The van der Waals surface area contributed by atoms with Crippen LogP contribution < -0.4 is 27.4 Å². The number of amides is 4. The number of hydrogen-bond acceptors (Lipinski definition) is 7. The summed E-state index contributed by atoms with van der Waals surface area (Å²) in [6.45, 7) is 3.53. The van der Waals surface area contributed by atoms with Crippen LogP contribution in [0.3, 0.4) is 0 Å². The van der Waals surface area contributed by atoms with Crippen LogP contribution in [0.4, 0.5) is 0 Å². The Kier molecular flexibility index (Phi) is 11.4. The van der Waals surface area contributed by atoms with Crippen molar-refractivity contribution in [2.45, 2.75) is 63.7 Å². The summed E-state index contributed by atoms with van der Waals surface area (Å²) < 4.78 is 0. The Morgan fingerprint density at radius 3 is 2.08 bits per heavy atom. The number of nitrogens with zero attached hydrogens (tertiary/aromatic N) is 1. The Labute approximate surface area is 220 Å². The van der Waals surface area contributed by atoms with Crippen molar-refractivity contribution in [2.24, 2.45) is 17.4 Å². The van der Waals surface area contributed by atoms with E-state index in [1.807, 2.05) is 0 Å². The van der Waals surface area contributed by atoms with Crippen molar-refractivity contribution in [1.82, 2.24) is 25.9 Å². The molecule has 0 aliphatic heterocycles. The number of carbonyl (C=O) groups is 5. The van der Waals surface area contributed by atoms with E-state index in [2.05, 4.69) is 25.9 Å². The van der Waals surface area contributed by atoms with Gasteiger partial charge >= 0.3 is 5.97 Å². The van der Waals surface area contributed by atoms with Crippen LogP contribution >= 0.6 is 0 Å². The molecule has 0 radical (unpaired) electrons. The number of benzene rings is 1. The van der Waals surface area contributed by atoms with E-state index in [1.54, 1.807) is 44.2 Å². The van der Waals surface area contributed by atoms with Gasteiger partial charge in [-0.3, -0.25) is 19.2 Å². The molecule has 9 N–H and O–H groups in total. The molecule has 13 nitrogen and oxygen atoms in total. The zero-order chi connectivity index (χ0) is 28.2. The van der Waals surface area contributed by atoms with Gasteiger partial charge in [0.1, 0.15) is 18.1 Å². The summed E-state index contributed by atoms with van der Waals surface area (Å²) in [5.74, 6) is -4.27. The molecule has 4 unspecified atom stereocenters. The van der Waals surface area contributed by atoms with Gasteiger partial charge in [-0.25, -0.2) is 9.78 Å². The van der Waals surface area contributed by atoms with Crippen LogP contribution in [0.1, 0.15) is 37.9 Å². The number of imidazole rings is 1. The van der Waals surface area contributed by atoms with Gasteiger partial charge in [-0.05, 0) is 17.9 Å². The first-order chi connectivity index (χ1) is 18.0. The van der Waals surface area contributed by atoms with E-state index in [0.717, 1.165) is 5.56 Å². The fourth-order valence-electron chi connectivity index (χ4n) is 3.55. The maximum Gasteiger partial charge on any atom is 0.326 e. The third-order valence-corrected chi connectivity index (χ3v) is 5.84. The molecule has 13 heteroatoms. The lowest BCUT2D eigenvalue weighted by Crippen LogP contribution is -2.58. The highest BCUT2D eigenvalue weighted by Gasteiger charge is 2.31. The van der Waals surface area contributed by atoms with Gasteiger partial charge in [-0.1, -0.05) is 44.2 Å². The third-order valence-electron chi connectivity index (χ3n) is 5.84. The van der Waals surface area contributed by atoms with Crippen LogP contribution in [-0.2, 0) is 36.8 Å². The molecule has 1 aromatic carbocycles. The Balaban J connectivity index is 2.23. The molecule has 0 spiro atoms. The number of aliphatic carboxylic acids is 1. The van der Waals surface area contributed by atoms with Crippen molar-refractivity contribution in [3.05, 3.63) is 54.1 Å². The van der Waals surface area contributed by atoms with Crippen LogP contribution in [-0.4, -0.2) is 68.8 Å². The maximum absolute atomic E-state index is 13.3. The van der Waals surface area contributed by atoms with Gasteiger partial charge < -0.3 is 37.5 Å². The Morgan fingerprint density at radius 1 is 0.921 bits per heavy atom. The molecule has 0 saturated carbocycles. The van der Waals surface area contributed by atoms with Gasteiger partial charge in [-0.2, -0.15) is 0 Å². The van der Waals surface area contributed by atoms with Crippen LogP contribution in [0, 0.1) is 5.92 Å². The van der Waals surface area contributed by atoms with Crippen molar-refractivity contribution in [2.75, 3.05) is 0 Å². The lowest BCUT2D eigenvalue weighted by molar-refractivity contribution is -0.142. The minimum atomic E-state index is -1.33. The fraction of sp³-hybridized carbons (Fsp3) is 0.440. The second kappa shape index (κ2) is 14.5. The van der Waals surface area contributed by atoms with Gasteiger partial charge in [0.25, 0.3) is 0 Å². The van der Waals surface area contributed by atoms with Gasteiger partial charge in [0.2, 0.25) is 23.6 Å². The third kappa shape index (κ3) is 9.65. The topological polar surface area (TPSA) is 222 Å². The summed E-state index contributed by atoms with van der Waals surface area (Å²) in [6, 6.07) is 4.32. The first-order valence-corrected chi connectivity index (χ1v) is 12.2. The number of aromatic amines is 1. The quantitative estimate of drug-likeness (QED) is 0.151. The van der Waals surface area contributed by atoms with Gasteiger partial charge in [0.15, 0.2) is 0 Å². The maximum atomic E-state index is 13.3. The van der Waals surface area contributed by atoms with Crippen molar-refractivity contribution in [1.29, 1.82) is 0 Å². The summed E-state index contributed by atoms with van der Waals surface area (Å²) in [7, 11) is 0. The molecule has 2 rings (SSSR count). The molecule has 0 saturated heterocycles. The monoisotopic (exact) mass is 529 g/mol. The Bertz CT molecular complexity index is 1090. The Morgan fingerprint density at radius 2 is 1.53 bits per heavy atom. The van der Waals surface area contributed by atoms with Gasteiger partial charge in [0, 0.05) is 31.2 Å². The molecule has 4 atom stereocenters. The minimum absolute atomic E-state index is 0.0860. The van der Waals surface area contributed by atoms with Crippen molar-refractivity contribution < 1.29 is 29.1 Å². The van der Waals surface area contributed by atoms with E-state index >= 15 is 0 Å². The number of H-pyrrole nitrogens is 1. The lowest BCUT2D eigenvalue weighted by atomic mass is 10.0. The van der Waals surface area contributed by atoms with E-state index in [9.17, 15) is 29.1 Å². The van der Waals surface area contributed by atoms with Gasteiger partial charge in [0.05, 0.1) is 12.4 Å². The number of carboxylic acids is 1. The number of primary amides is 1. The molecular formula is C25H35N7O6. The summed E-state index contributed by atoms with van der Waals surface area (Å²) in [5, 5.41) is 17.1. The standard InChI is InChI=1S/C25H35N7O6/c1-14(2)21(27)24(36)31-18(10-15-6-4-3-5-7-15)23(35)30-17(8-9-20(26)33)22(34)32-19(25(37)38)11-16-12-28-13-29-16/h3-7,12-14,17-19,21H,8-11,27H2,1-2H3,(H2,26,33)(H,28,29)(H,30,35)(H,31,36)(H,32,34)(H,37,38). The number of nitrogens with one attached hydrogen (secondary N) is 4. The smallest absolute Gasteiger partial charge is 0.326 e. The van der Waals surface area contributed by atoms with Crippen LogP contribution in [0.15, 0.2) is 42.9 Å². The zero-order valence-corrected chi connectivity index (χ0v) is 21.3. The number of hydrogen-bond donors (Lipinski definition) is 7. The highest BCUT2D eigenvalue weighted by atomic mass is 16.4. The molecule has 1 aromatic heterocycles. The highest BCUT2D eigenvalue weighted by molar-refractivity contribution is 5.94. The number of carbonyl (C=O) groups excluding carboxylic acids is 4. The molecule has 0 aliphatic rings. The summed E-state index contributed by atoms with van der Waals surface area (Å²) in [4.78, 5) is 68.8. The van der Waals surface area contributed by atoms with E-state index in [4.69, 9.17) is 11.5 Å². The van der Waals surface area contributed by atoms with Crippen molar-refractivity contribution in [3.8, 4) is 0 Å². The van der Waals surface area contributed by atoms with E-state index in [0.29, 0.717) is 5.69 Å². The highest BCUT2D eigenvalue weighted by Crippen LogP contribution is 2.08. The fourth-order valence-corrected chi connectivity index (χ4v) is 3.55. The second-order valence-corrected chi connectivity index (χ2v) is 9.27. The number of rotatable bonds is 15. The van der Waals surface area contributed by atoms with Gasteiger partial charge in [-0.15, -0.1) is 0 Å². The van der Waals surface area contributed by atoms with E-state index < -0.39 is 53.8 Å². The van der Waals surface area contributed by atoms with Crippen LogP contribution in [0.2, 0.25) is 0 Å². The van der Waals surface area contributed by atoms with Crippen molar-refractivity contribution >= 4 is 29.6 Å². The Hall–Kier alpha value is -4.26. The predicted octanol–water partition coefficient (Wildman–Crippen LogP) is -1.02. The molecule has 1 heterocycles. The summed E-state index contributed by atoms with van der Waals surface area (Å²) >= 11 is 0. The minimum Gasteiger partial charge on any atom is -0.480 e. The molecule has 4 amide bonds. The first kappa shape index (κ1) is 30.0. The largest absolute Gasteiger partial charge is 0.480 e. The second-order valence-electron chi connectivity index (χ2n) is 9.27. The van der Waals surface area contributed by atoms with Crippen LogP contribution in [0.25, 0.3) is 0 Å². The summed E-state index contributed by atoms with van der Waals surface area (Å²) in [6.07, 6.45) is 2.39. The predicted molar refractivity (Wildman–Crippen MR) is 137 cm³/mol. The number of nitrogens with two attached hydrogens (primary N) is 2. The van der Waals surface area contributed by atoms with E-state index in [-0.39, 0.29) is 31.6 Å². The SMILES string of the molecule is CC(C)C(N)C(=O)NC(Cc1ccccc1)C(=O)NC(CCC(N)=O)C(=O)NC(Cc1cnc[nH]1)C(=O)O. The molecule has 38 heavy (non-hydrogen) atoms. The molecule has 206 valence electrons. The normalized spacial score (nSPS) is 14.1. The zero-order valence-electron chi connectivity index (χ0n) is 21.3. The molecule has 2 aromatic rings. The number of carboxylic acid groups (broad SMARTS) is 1. The van der Waals surface area contributed by atoms with Crippen molar-refractivity contribution in [3.63, 3.8) is 0 Å². The molecular weight excluding hydrogens is 494 g/mol. The number of aromatic nitrogens is 2. The average molecular weight is 530 g/mol. The molecule has 0 bridgehead atoms. The lowest BCUT2D eigenvalue weighted by Gasteiger charge is -2.25. The average Bonchev–Trinajstić information content (AvgIpc) is 3.38. The van der Waals surface area contributed by atoms with Crippen LogP contribution in [0.5, 0.6) is 0 Å².